The van der Waals surface area contributed by atoms with Gasteiger partial charge >= 0.3 is 0 Å². The predicted octanol–water partition coefficient (Wildman–Crippen LogP) is 7.70. The van der Waals surface area contributed by atoms with Gasteiger partial charge < -0.3 is 4.52 Å². The molecule has 8 nitrogen and oxygen atoms in total. The zero-order chi connectivity index (χ0) is 30.5. The van der Waals surface area contributed by atoms with E-state index in [0.717, 1.165) is 74.7 Å². The number of nitrogens with one attached hydrogen (secondary N) is 1. The average molecular weight is 618 g/mol. The van der Waals surface area contributed by atoms with Crippen molar-refractivity contribution < 1.29 is 12.9 Å². The fraction of sp³-hybridized carbons (Fsp3) is 0.424. The van der Waals surface area contributed by atoms with E-state index in [4.69, 9.17) is 14.6 Å². The standard InChI is InChI=1S/C33H39N5O3S2/c1-7-9-25-15-24(18-38-29-17-26(16-23-10-11-23)34-21(5)31(29)22(6)35-38)12-13-27(25)28-14-19(3)42-33(28)43(39,40)37-32-20(4)30(8-2)41-36-32/h12-15,17,23H,7-11,16,18H2,1-6H3,(H,36,37). The second kappa shape index (κ2) is 11.5. The van der Waals surface area contributed by atoms with E-state index in [1.807, 2.05) is 26.8 Å². The van der Waals surface area contributed by atoms with Gasteiger partial charge in [0.25, 0.3) is 10.0 Å². The quantitative estimate of drug-likeness (QED) is 0.163. The molecule has 1 aliphatic rings. The van der Waals surface area contributed by atoms with E-state index in [1.54, 1.807) is 0 Å². The summed E-state index contributed by atoms with van der Waals surface area (Å²) in [4.78, 5) is 5.83. The average Bonchev–Trinajstić information content (AvgIpc) is 3.45. The van der Waals surface area contributed by atoms with Crippen molar-refractivity contribution in [3.05, 3.63) is 74.7 Å². The molecular formula is C33H39N5O3S2. The van der Waals surface area contributed by atoms with Crippen molar-refractivity contribution in [2.24, 2.45) is 5.92 Å². The molecule has 0 aliphatic heterocycles. The Morgan fingerprint density at radius 1 is 1.05 bits per heavy atom. The highest BCUT2D eigenvalue weighted by atomic mass is 32.2. The van der Waals surface area contributed by atoms with Crippen LogP contribution >= 0.6 is 11.3 Å². The Kier molecular flexibility index (Phi) is 7.93. The van der Waals surface area contributed by atoms with Crippen molar-refractivity contribution in [2.45, 2.75) is 90.8 Å². The molecule has 4 aromatic heterocycles. The minimum absolute atomic E-state index is 0.241. The molecule has 5 aromatic rings. The maximum absolute atomic E-state index is 13.7. The fourth-order valence-corrected chi connectivity index (χ4v) is 8.71. The molecule has 10 heteroatoms. The lowest BCUT2D eigenvalue weighted by molar-refractivity contribution is 0.388. The molecule has 0 unspecified atom stereocenters. The Bertz CT molecular complexity index is 1930. The van der Waals surface area contributed by atoms with Gasteiger partial charge in [0.15, 0.2) is 5.82 Å². The first kappa shape index (κ1) is 29.6. The van der Waals surface area contributed by atoms with E-state index in [0.29, 0.717) is 29.9 Å². The third kappa shape index (κ3) is 5.87. The van der Waals surface area contributed by atoms with Crippen LogP contribution in [0, 0.1) is 33.6 Å². The van der Waals surface area contributed by atoms with Crippen molar-refractivity contribution in [3.63, 3.8) is 0 Å². The van der Waals surface area contributed by atoms with Crippen LogP contribution < -0.4 is 4.72 Å². The molecule has 0 saturated heterocycles. The lowest BCUT2D eigenvalue weighted by Crippen LogP contribution is -2.13. The summed E-state index contributed by atoms with van der Waals surface area (Å²) in [6.45, 7) is 12.6. The van der Waals surface area contributed by atoms with Crippen LogP contribution in [0.15, 0.2) is 39.1 Å². The maximum Gasteiger partial charge on any atom is 0.273 e. The topological polar surface area (TPSA) is 103 Å². The number of nitrogens with zero attached hydrogens (tertiary/aromatic N) is 4. The van der Waals surface area contributed by atoms with Crippen molar-refractivity contribution in [1.82, 2.24) is 19.9 Å². The number of pyridine rings is 1. The molecule has 1 aromatic carbocycles. The van der Waals surface area contributed by atoms with E-state index in [2.05, 4.69) is 59.6 Å². The number of anilines is 1. The van der Waals surface area contributed by atoms with Gasteiger partial charge in [-0.25, -0.2) is 8.42 Å². The first-order valence-electron chi connectivity index (χ1n) is 15.1. The normalized spacial score (nSPS) is 13.7. The first-order valence-corrected chi connectivity index (χ1v) is 17.4. The fourth-order valence-electron chi connectivity index (χ4n) is 6.00. The number of fused-ring (bicyclic) bond motifs is 1. The van der Waals surface area contributed by atoms with Crippen molar-refractivity contribution >= 4 is 38.1 Å². The summed E-state index contributed by atoms with van der Waals surface area (Å²) in [5, 5.41) is 10.0. The molecule has 1 N–H and O–H groups in total. The summed E-state index contributed by atoms with van der Waals surface area (Å²) in [7, 11) is -3.89. The summed E-state index contributed by atoms with van der Waals surface area (Å²) in [6.07, 6.45) is 6.05. The first-order chi connectivity index (χ1) is 20.6. The molecular weight excluding hydrogens is 579 g/mol. The minimum Gasteiger partial charge on any atom is -0.359 e. The van der Waals surface area contributed by atoms with E-state index in [1.165, 1.54) is 24.2 Å². The molecule has 0 spiro atoms. The lowest BCUT2D eigenvalue weighted by Gasteiger charge is -2.14. The van der Waals surface area contributed by atoms with Gasteiger partial charge in [-0.15, -0.1) is 11.3 Å². The molecule has 43 heavy (non-hydrogen) atoms. The van der Waals surface area contributed by atoms with Gasteiger partial charge in [-0.3, -0.25) is 14.4 Å². The van der Waals surface area contributed by atoms with Gasteiger partial charge in [0.05, 0.1) is 17.8 Å². The van der Waals surface area contributed by atoms with Crippen LogP contribution in [-0.2, 0) is 35.8 Å². The molecule has 0 atom stereocenters. The predicted molar refractivity (Wildman–Crippen MR) is 172 cm³/mol. The zero-order valence-corrected chi connectivity index (χ0v) is 27.4. The van der Waals surface area contributed by atoms with Crippen LogP contribution in [0.1, 0.15) is 77.5 Å². The number of hydrogen-bond donors (Lipinski definition) is 1. The maximum atomic E-state index is 13.7. The van der Waals surface area contributed by atoms with Crippen LogP contribution in [0.3, 0.4) is 0 Å². The largest absolute Gasteiger partial charge is 0.359 e. The highest BCUT2D eigenvalue weighted by Crippen LogP contribution is 2.39. The van der Waals surface area contributed by atoms with Crippen LogP contribution in [0.25, 0.3) is 22.0 Å². The van der Waals surface area contributed by atoms with E-state index < -0.39 is 10.0 Å². The van der Waals surface area contributed by atoms with E-state index >= 15 is 0 Å². The Morgan fingerprint density at radius 3 is 2.53 bits per heavy atom. The van der Waals surface area contributed by atoms with Gasteiger partial charge in [-0.1, -0.05) is 43.6 Å². The monoisotopic (exact) mass is 617 g/mol. The third-order valence-corrected chi connectivity index (χ3v) is 11.2. The molecule has 1 aliphatic carbocycles. The van der Waals surface area contributed by atoms with Gasteiger partial charge in [0.1, 0.15) is 9.97 Å². The summed E-state index contributed by atoms with van der Waals surface area (Å²) in [5.74, 6) is 1.68. The second-order valence-electron chi connectivity index (χ2n) is 11.8. The van der Waals surface area contributed by atoms with Gasteiger partial charge in [0.2, 0.25) is 0 Å². The lowest BCUT2D eigenvalue weighted by atomic mass is 9.96. The number of aryl methyl sites for hydroxylation is 5. The molecule has 1 fully saturated rings. The Balaban J connectivity index is 1.35. The minimum atomic E-state index is -3.89. The number of hydrogen-bond acceptors (Lipinski definition) is 7. The molecule has 0 bridgehead atoms. The number of thiophene rings is 1. The molecule has 1 saturated carbocycles. The number of aromatic nitrogens is 4. The van der Waals surface area contributed by atoms with E-state index in [9.17, 15) is 8.42 Å². The smallest absolute Gasteiger partial charge is 0.273 e. The highest BCUT2D eigenvalue weighted by molar-refractivity contribution is 7.94. The Morgan fingerprint density at radius 2 is 1.84 bits per heavy atom. The summed E-state index contributed by atoms with van der Waals surface area (Å²) < 4.78 is 37.8. The SMILES string of the molecule is CCCc1cc(Cn2nc(C)c3c(C)nc(CC4CC4)cc32)ccc1-c1cc(C)sc1S(=O)(=O)Nc1noc(CC)c1C. The molecule has 0 amide bonds. The summed E-state index contributed by atoms with van der Waals surface area (Å²) in [6, 6.07) is 10.6. The highest BCUT2D eigenvalue weighted by Gasteiger charge is 2.27. The molecule has 0 radical (unpaired) electrons. The third-order valence-electron chi connectivity index (χ3n) is 8.29. The van der Waals surface area contributed by atoms with Gasteiger partial charge in [-0.2, -0.15) is 5.10 Å². The molecule has 6 rings (SSSR count). The summed E-state index contributed by atoms with van der Waals surface area (Å²) >= 11 is 1.27. The zero-order valence-electron chi connectivity index (χ0n) is 25.7. The van der Waals surface area contributed by atoms with Crippen LogP contribution in [0.2, 0.25) is 0 Å². The number of rotatable bonds is 11. The van der Waals surface area contributed by atoms with Crippen molar-refractivity contribution in [2.75, 3.05) is 4.72 Å². The van der Waals surface area contributed by atoms with Gasteiger partial charge in [0, 0.05) is 39.2 Å². The molecule has 226 valence electrons. The van der Waals surface area contributed by atoms with Gasteiger partial charge in [-0.05, 0) is 88.1 Å². The number of sulfonamides is 1. The van der Waals surface area contributed by atoms with Crippen LogP contribution in [-0.4, -0.2) is 28.3 Å². The Labute approximate surface area is 257 Å². The van der Waals surface area contributed by atoms with Crippen LogP contribution in [0.4, 0.5) is 5.82 Å². The van der Waals surface area contributed by atoms with E-state index in [-0.39, 0.29) is 10.0 Å². The number of benzene rings is 1. The van der Waals surface area contributed by atoms with Crippen LogP contribution in [0.5, 0.6) is 0 Å². The molecule has 4 heterocycles. The van der Waals surface area contributed by atoms with Crippen molar-refractivity contribution in [3.8, 4) is 11.1 Å². The second-order valence-corrected chi connectivity index (χ2v) is 15.0. The Hall–Kier alpha value is -3.50. The van der Waals surface area contributed by atoms with Crippen molar-refractivity contribution in [1.29, 1.82) is 0 Å². The summed E-state index contributed by atoms with van der Waals surface area (Å²) in [5.41, 5.74) is 8.94.